The number of hydrogen-bond donors (Lipinski definition) is 0. The average molecular weight is 431 g/mol. The summed E-state index contributed by atoms with van der Waals surface area (Å²) in [5.41, 5.74) is 0.421. The summed E-state index contributed by atoms with van der Waals surface area (Å²) < 4.78 is 14.2. The van der Waals surface area contributed by atoms with Crippen molar-refractivity contribution in [2.75, 3.05) is 0 Å². The van der Waals surface area contributed by atoms with Gasteiger partial charge < -0.3 is 0 Å². The first-order chi connectivity index (χ1) is 14.6. The number of rotatable bonds is 5. The Hall–Kier alpha value is -0.660. The second-order valence-electron chi connectivity index (χ2n) is 12.8. The Balaban J connectivity index is 1.53. The standard InChI is InChI=1S/C29H47FO/c1-7-20(18(2)3)9-8-19(4)23-10-11-24-22-17-27(31)26-16-21(30)12-14-29(26,6)25(22)13-15-28(23,24)5/h8-9,18-26H,7,10-17H2,1-6H3/b9-8+/t19-,20-,21-,22?,23-,24?,25?,26?,28-,29-/m1/s1. The van der Waals surface area contributed by atoms with Gasteiger partial charge in [0.1, 0.15) is 12.0 Å². The van der Waals surface area contributed by atoms with Crippen molar-refractivity contribution in [1.29, 1.82) is 0 Å². The highest BCUT2D eigenvalue weighted by molar-refractivity contribution is 5.83. The first-order valence-corrected chi connectivity index (χ1v) is 13.5. The molecule has 0 spiro atoms. The van der Waals surface area contributed by atoms with Crippen LogP contribution in [0.25, 0.3) is 0 Å². The summed E-state index contributed by atoms with van der Waals surface area (Å²) in [6.07, 6.45) is 13.5. The zero-order chi connectivity index (χ0) is 22.6. The van der Waals surface area contributed by atoms with E-state index in [1.165, 1.54) is 32.1 Å². The minimum atomic E-state index is -0.756. The molecule has 0 bridgehead atoms. The molecule has 4 saturated carbocycles. The number of halogens is 1. The first-order valence-electron chi connectivity index (χ1n) is 13.5. The summed E-state index contributed by atoms with van der Waals surface area (Å²) in [6.45, 7) is 14.3. The molecule has 176 valence electrons. The van der Waals surface area contributed by atoms with Gasteiger partial charge in [-0.25, -0.2) is 4.39 Å². The molecule has 4 aliphatic carbocycles. The predicted molar refractivity (Wildman–Crippen MR) is 127 cm³/mol. The fraction of sp³-hybridized carbons (Fsp3) is 0.897. The van der Waals surface area contributed by atoms with E-state index < -0.39 is 6.17 Å². The van der Waals surface area contributed by atoms with Crippen LogP contribution in [0.3, 0.4) is 0 Å². The number of Topliss-reactive ketones (excluding diaryl/α,β-unsaturated/α-hetero) is 1. The maximum Gasteiger partial charge on any atom is 0.136 e. The van der Waals surface area contributed by atoms with E-state index in [1.54, 1.807) is 0 Å². The molecule has 0 saturated heterocycles. The Morgan fingerprint density at radius 3 is 2.35 bits per heavy atom. The summed E-state index contributed by atoms with van der Waals surface area (Å²) in [4.78, 5) is 13.2. The molecule has 0 amide bonds. The second-order valence-corrected chi connectivity index (χ2v) is 12.8. The van der Waals surface area contributed by atoms with E-state index in [2.05, 4.69) is 53.7 Å². The number of carbonyl (C=O) groups is 1. The van der Waals surface area contributed by atoms with Crippen molar-refractivity contribution in [2.45, 2.75) is 106 Å². The Morgan fingerprint density at radius 1 is 1.00 bits per heavy atom. The SMILES string of the molecule is CC[C@H](/C=C/[C@@H](C)[C@H]1CCC2C3CC(=O)C4C[C@H](F)CC[C@]4(C)C3CC[C@@]21C)C(C)C. The Labute approximate surface area is 191 Å². The van der Waals surface area contributed by atoms with E-state index in [1.807, 2.05) is 0 Å². The molecule has 0 aromatic rings. The average Bonchev–Trinajstić information content (AvgIpc) is 3.07. The molecule has 0 aromatic carbocycles. The molecule has 4 rings (SSSR count). The molecule has 1 nitrogen and oxygen atoms in total. The smallest absolute Gasteiger partial charge is 0.136 e. The Morgan fingerprint density at radius 2 is 1.68 bits per heavy atom. The molecule has 2 heteroatoms. The number of carbonyl (C=O) groups excluding carboxylic acids is 1. The highest BCUT2D eigenvalue weighted by Gasteiger charge is 2.62. The van der Waals surface area contributed by atoms with Crippen molar-refractivity contribution >= 4 is 5.78 Å². The van der Waals surface area contributed by atoms with Crippen molar-refractivity contribution in [2.24, 2.45) is 58.2 Å². The monoisotopic (exact) mass is 430 g/mol. The number of ketones is 1. The molecular weight excluding hydrogens is 383 g/mol. The van der Waals surface area contributed by atoms with Crippen LogP contribution >= 0.6 is 0 Å². The zero-order valence-corrected chi connectivity index (χ0v) is 21.0. The number of alkyl halides is 1. The molecule has 4 aliphatic rings. The Bertz CT molecular complexity index is 697. The third-order valence-electron chi connectivity index (χ3n) is 11.1. The summed E-state index contributed by atoms with van der Waals surface area (Å²) in [5.74, 6) is 4.99. The molecule has 0 aromatic heterocycles. The lowest BCUT2D eigenvalue weighted by Gasteiger charge is -2.60. The van der Waals surface area contributed by atoms with Gasteiger partial charge in [-0.05, 0) is 104 Å². The summed E-state index contributed by atoms with van der Waals surface area (Å²) in [7, 11) is 0. The number of fused-ring (bicyclic) bond motifs is 5. The van der Waals surface area contributed by atoms with Crippen molar-refractivity contribution in [3.05, 3.63) is 12.2 Å². The molecular formula is C29H47FO. The van der Waals surface area contributed by atoms with Gasteiger partial charge in [0.05, 0.1) is 0 Å². The van der Waals surface area contributed by atoms with Gasteiger partial charge in [0.2, 0.25) is 0 Å². The van der Waals surface area contributed by atoms with E-state index in [4.69, 9.17) is 0 Å². The lowest BCUT2D eigenvalue weighted by molar-refractivity contribution is -0.157. The lowest BCUT2D eigenvalue weighted by Crippen LogP contribution is -2.56. The van der Waals surface area contributed by atoms with Gasteiger partial charge in [0.15, 0.2) is 0 Å². The van der Waals surface area contributed by atoms with Crippen molar-refractivity contribution < 1.29 is 9.18 Å². The summed E-state index contributed by atoms with van der Waals surface area (Å²) >= 11 is 0. The first kappa shape index (κ1) is 23.5. The van der Waals surface area contributed by atoms with Gasteiger partial charge in [0.25, 0.3) is 0 Å². The molecule has 4 fully saturated rings. The van der Waals surface area contributed by atoms with Crippen LogP contribution in [-0.2, 0) is 4.79 Å². The third kappa shape index (κ3) is 3.86. The summed E-state index contributed by atoms with van der Waals surface area (Å²) in [6, 6.07) is 0. The number of allylic oxidation sites excluding steroid dienone is 2. The maximum absolute atomic E-state index is 14.2. The highest BCUT2D eigenvalue weighted by Crippen LogP contribution is 2.67. The van der Waals surface area contributed by atoms with Crippen molar-refractivity contribution in [1.82, 2.24) is 0 Å². The van der Waals surface area contributed by atoms with Crippen LogP contribution in [-0.4, -0.2) is 12.0 Å². The second kappa shape index (κ2) is 8.60. The zero-order valence-electron chi connectivity index (χ0n) is 21.0. The van der Waals surface area contributed by atoms with E-state index >= 15 is 0 Å². The molecule has 10 atom stereocenters. The van der Waals surface area contributed by atoms with Crippen LogP contribution in [0.1, 0.15) is 99.3 Å². The van der Waals surface area contributed by atoms with E-state index in [-0.39, 0.29) is 11.3 Å². The highest BCUT2D eigenvalue weighted by atomic mass is 19.1. The fourth-order valence-corrected chi connectivity index (χ4v) is 9.18. The summed E-state index contributed by atoms with van der Waals surface area (Å²) in [5, 5.41) is 0. The van der Waals surface area contributed by atoms with Crippen LogP contribution in [0.2, 0.25) is 0 Å². The van der Waals surface area contributed by atoms with Crippen molar-refractivity contribution in [3.8, 4) is 0 Å². The van der Waals surface area contributed by atoms with E-state index in [0.717, 1.165) is 18.8 Å². The fourth-order valence-electron chi connectivity index (χ4n) is 9.18. The van der Waals surface area contributed by atoms with Gasteiger partial charge >= 0.3 is 0 Å². The van der Waals surface area contributed by atoms with Gasteiger partial charge in [-0.15, -0.1) is 0 Å². The minimum absolute atomic E-state index is 0.0112. The van der Waals surface area contributed by atoms with E-state index in [0.29, 0.717) is 59.5 Å². The van der Waals surface area contributed by atoms with Crippen LogP contribution < -0.4 is 0 Å². The minimum Gasteiger partial charge on any atom is -0.299 e. The van der Waals surface area contributed by atoms with Crippen LogP contribution in [0.4, 0.5) is 4.39 Å². The molecule has 0 radical (unpaired) electrons. The largest absolute Gasteiger partial charge is 0.299 e. The molecule has 31 heavy (non-hydrogen) atoms. The molecule has 0 heterocycles. The third-order valence-corrected chi connectivity index (χ3v) is 11.1. The van der Waals surface area contributed by atoms with Crippen LogP contribution in [0.15, 0.2) is 12.2 Å². The van der Waals surface area contributed by atoms with Gasteiger partial charge in [-0.1, -0.05) is 53.7 Å². The molecule has 0 aliphatic heterocycles. The van der Waals surface area contributed by atoms with Gasteiger partial charge in [-0.3, -0.25) is 4.79 Å². The van der Waals surface area contributed by atoms with Crippen LogP contribution in [0.5, 0.6) is 0 Å². The molecule has 0 N–H and O–H groups in total. The topological polar surface area (TPSA) is 17.1 Å². The molecule has 4 unspecified atom stereocenters. The lowest BCUT2D eigenvalue weighted by atomic mass is 9.44. The van der Waals surface area contributed by atoms with Gasteiger partial charge in [-0.2, -0.15) is 0 Å². The predicted octanol–water partition coefficient (Wildman–Crippen LogP) is 8.04. The normalized spacial score (nSPS) is 47.2. The van der Waals surface area contributed by atoms with Crippen LogP contribution in [0, 0.1) is 58.2 Å². The van der Waals surface area contributed by atoms with E-state index in [9.17, 15) is 9.18 Å². The van der Waals surface area contributed by atoms with Crippen molar-refractivity contribution in [3.63, 3.8) is 0 Å². The number of hydrogen-bond acceptors (Lipinski definition) is 1. The van der Waals surface area contributed by atoms with Gasteiger partial charge in [0, 0.05) is 12.3 Å². The Kier molecular flexibility index (Phi) is 6.52. The quantitative estimate of drug-likeness (QED) is 0.403. The maximum atomic E-state index is 14.2.